The first kappa shape index (κ1) is 46.6. The number of amides is 3. The molecule has 6 heterocycles. The lowest BCUT2D eigenvalue weighted by molar-refractivity contribution is -0.159. The number of carbonyl (C=O) groups is 5. The Labute approximate surface area is 384 Å². The monoisotopic (exact) mass is 941 g/mol. The summed E-state index contributed by atoms with van der Waals surface area (Å²) in [7, 11) is -2.88. The van der Waals surface area contributed by atoms with Gasteiger partial charge in [0, 0.05) is 105 Å². The molecule has 22 heteroatoms. The molecule has 67 heavy (non-hydrogen) atoms. The summed E-state index contributed by atoms with van der Waals surface area (Å²) in [6, 6.07) is 10.6. The molecule has 3 fully saturated rings. The molecule has 3 aliphatic heterocycles. The van der Waals surface area contributed by atoms with Crippen molar-refractivity contribution in [1.82, 2.24) is 39.8 Å². The van der Waals surface area contributed by atoms with Crippen LogP contribution in [0.5, 0.6) is 0 Å². The Bertz CT molecular complexity index is 2780. The first-order valence-electron chi connectivity index (χ1n) is 21.9. The zero-order valence-corrected chi connectivity index (χ0v) is 37.4. The summed E-state index contributed by atoms with van der Waals surface area (Å²) in [6.07, 6.45) is 8.30. The van der Waals surface area contributed by atoms with Gasteiger partial charge in [-0.15, -0.1) is 0 Å². The lowest BCUT2D eigenvalue weighted by atomic mass is 9.89. The number of halogens is 2. The maximum Gasteiger partial charge on any atom is 0.301 e. The van der Waals surface area contributed by atoms with Crippen molar-refractivity contribution >= 4 is 68.5 Å². The fourth-order valence-corrected chi connectivity index (χ4v) is 9.49. The minimum Gasteiger partial charge on any atom is -0.439 e. The Morgan fingerprint density at radius 1 is 0.955 bits per heavy atom. The van der Waals surface area contributed by atoms with Gasteiger partial charge in [0.15, 0.2) is 5.82 Å². The molecule has 2 aromatic carbocycles. The van der Waals surface area contributed by atoms with E-state index >= 15 is 8.78 Å². The molecule has 0 bridgehead atoms. The molecule has 3 amide bonds. The number of fused-ring (bicyclic) bond motifs is 1. The van der Waals surface area contributed by atoms with E-state index in [2.05, 4.69) is 40.6 Å². The molecule has 8 rings (SSSR count). The van der Waals surface area contributed by atoms with Crippen LogP contribution in [0.15, 0.2) is 67.3 Å². The lowest BCUT2D eigenvalue weighted by Gasteiger charge is -2.37. The highest BCUT2D eigenvalue weighted by atomic mass is 32.2. The molecule has 0 aliphatic carbocycles. The highest BCUT2D eigenvalue weighted by Crippen LogP contribution is 2.32. The zero-order valence-electron chi connectivity index (χ0n) is 36.6. The van der Waals surface area contributed by atoms with Crippen LogP contribution >= 0.6 is 0 Å². The summed E-state index contributed by atoms with van der Waals surface area (Å²) in [5, 5.41) is 8.87. The standard InChI is InChI=1S/C45H49F2N11O8S/c1-3-56(2)67(64,65)55-35-9-8-34(46)38(39(35)47)40(61)33-24-49-41-32(33)20-28(21-48-41)29-22-50-45(51-23-29)58-18-14-31(15-19-58)53-43(63)44(66-25-59)57-16-12-27(13-17-57)26-4-6-30(7-5-26)52-36-10-11-37(60)54-42(36)62/h4-9,20-25,27,31,36,44,52,55H,3,10-19H2,1-2H3,(H,48,49)(H,53,63)(H,54,60,62). The van der Waals surface area contributed by atoms with E-state index in [-0.39, 0.29) is 53.3 Å². The molecular formula is C45H49F2N11O8S. The Balaban J connectivity index is 0.844. The van der Waals surface area contributed by atoms with Gasteiger partial charge in [0.05, 0.1) is 11.3 Å². The molecule has 2 atom stereocenters. The van der Waals surface area contributed by atoms with Crippen molar-refractivity contribution < 1.29 is 45.9 Å². The molecule has 0 spiro atoms. The summed E-state index contributed by atoms with van der Waals surface area (Å²) in [5.41, 5.74) is 1.65. The summed E-state index contributed by atoms with van der Waals surface area (Å²) in [5.74, 6) is -3.86. The first-order valence-corrected chi connectivity index (χ1v) is 23.3. The third kappa shape index (κ3) is 10.2. The molecular weight excluding hydrogens is 893 g/mol. The van der Waals surface area contributed by atoms with Crippen LogP contribution in [0.3, 0.4) is 0 Å². The smallest absolute Gasteiger partial charge is 0.301 e. The number of benzene rings is 2. The van der Waals surface area contributed by atoms with Gasteiger partial charge >= 0.3 is 10.2 Å². The number of nitrogens with one attached hydrogen (secondary N) is 5. The van der Waals surface area contributed by atoms with Crippen molar-refractivity contribution in [3.8, 4) is 11.1 Å². The van der Waals surface area contributed by atoms with E-state index in [9.17, 15) is 32.4 Å². The van der Waals surface area contributed by atoms with Gasteiger partial charge in [0.25, 0.3) is 12.4 Å². The van der Waals surface area contributed by atoms with Gasteiger partial charge in [-0.1, -0.05) is 19.1 Å². The molecule has 3 saturated heterocycles. The van der Waals surface area contributed by atoms with Crippen LogP contribution < -0.4 is 25.6 Å². The van der Waals surface area contributed by atoms with Crippen molar-refractivity contribution in [2.45, 2.75) is 69.7 Å². The number of carbonyl (C=O) groups excluding carboxylic acids is 5. The SMILES string of the molecule is CCN(C)S(=O)(=O)Nc1ccc(F)c(C(=O)c2c[nH]c3ncc(-c4cnc(N5CCC(NC(=O)C(OC=O)N6CCC(c7ccc(NC8CCC(=O)NC8=O)cc7)CC6)CC5)nc4)cc23)c1F. The highest BCUT2D eigenvalue weighted by molar-refractivity contribution is 7.90. The number of nitrogens with zero attached hydrogens (tertiary/aromatic N) is 6. The van der Waals surface area contributed by atoms with Crippen molar-refractivity contribution in [1.29, 1.82) is 0 Å². The number of hydrogen-bond donors (Lipinski definition) is 5. The van der Waals surface area contributed by atoms with E-state index in [0.717, 1.165) is 40.5 Å². The summed E-state index contributed by atoms with van der Waals surface area (Å²) >= 11 is 0. The number of anilines is 3. The predicted octanol–water partition coefficient (Wildman–Crippen LogP) is 3.82. The molecule has 352 valence electrons. The number of ketones is 1. The Hall–Kier alpha value is -6.91. The largest absolute Gasteiger partial charge is 0.439 e. The van der Waals surface area contributed by atoms with Gasteiger partial charge in [-0.25, -0.2) is 23.7 Å². The van der Waals surface area contributed by atoms with E-state index in [1.54, 1.807) is 25.4 Å². The number of rotatable bonds is 16. The van der Waals surface area contributed by atoms with Gasteiger partial charge in [-0.05, 0) is 73.9 Å². The molecule has 5 N–H and O–H groups in total. The van der Waals surface area contributed by atoms with Gasteiger partial charge in [-0.3, -0.25) is 38.9 Å². The topological polar surface area (TPSA) is 241 Å². The zero-order chi connectivity index (χ0) is 47.4. The fourth-order valence-electron chi connectivity index (χ4n) is 8.56. The average Bonchev–Trinajstić information content (AvgIpc) is 3.76. The molecule has 3 aromatic heterocycles. The van der Waals surface area contributed by atoms with Crippen molar-refractivity contribution in [3.05, 3.63) is 95.6 Å². The van der Waals surface area contributed by atoms with E-state index in [1.807, 2.05) is 34.1 Å². The van der Waals surface area contributed by atoms with Gasteiger partial charge in [0.2, 0.25) is 29.8 Å². The van der Waals surface area contributed by atoms with Crippen LogP contribution in [0.1, 0.15) is 72.9 Å². The van der Waals surface area contributed by atoms with Crippen LogP contribution in [0.2, 0.25) is 0 Å². The lowest BCUT2D eigenvalue weighted by Crippen LogP contribution is -2.54. The van der Waals surface area contributed by atoms with E-state index in [4.69, 9.17) is 4.74 Å². The molecule has 5 aromatic rings. The molecule has 0 radical (unpaired) electrons. The Morgan fingerprint density at radius 2 is 1.66 bits per heavy atom. The number of imide groups is 1. The number of pyridine rings is 1. The van der Waals surface area contributed by atoms with Gasteiger partial charge < -0.3 is 25.3 Å². The molecule has 2 unspecified atom stereocenters. The molecule has 19 nitrogen and oxygen atoms in total. The van der Waals surface area contributed by atoms with Crippen LogP contribution in [0.25, 0.3) is 22.2 Å². The van der Waals surface area contributed by atoms with E-state index < -0.39 is 57.1 Å². The maximum atomic E-state index is 15.6. The second kappa shape index (κ2) is 19.9. The maximum absolute atomic E-state index is 15.6. The Morgan fingerprint density at radius 3 is 2.33 bits per heavy atom. The third-order valence-electron chi connectivity index (χ3n) is 12.5. The summed E-state index contributed by atoms with van der Waals surface area (Å²) in [4.78, 5) is 82.6. The minimum atomic E-state index is -4.17. The van der Waals surface area contributed by atoms with Crippen LogP contribution in [0, 0.1) is 11.6 Å². The van der Waals surface area contributed by atoms with Crippen LogP contribution in [-0.2, 0) is 34.1 Å². The quantitative estimate of drug-likeness (QED) is 0.0537. The van der Waals surface area contributed by atoms with E-state index in [1.165, 1.54) is 19.4 Å². The summed E-state index contributed by atoms with van der Waals surface area (Å²) in [6.45, 7) is 4.10. The van der Waals surface area contributed by atoms with Crippen LogP contribution in [0.4, 0.5) is 26.1 Å². The number of hydrogen-bond acceptors (Lipinski definition) is 14. The van der Waals surface area contributed by atoms with Gasteiger partial charge in [0.1, 0.15) is 17.5 Å². The second-order valence-electron chi connectivity index (χ2n) is 16.7. The van der Waals surface area contributed by atoms with Gasteiger partial charge in [-0.2, -0.15) is 12.7 Å². The number of H-pyrrole nitrogens is 1. The van der Waals surface area contributed by atoms with E-state index in [0.29, 0.717) is 69.0 Å². The average molecular weight is 942 g/mol. The minimum absolute atomic E-state index is 0.0868. The predicted molar refractivity (Wildman–Crippen MR) is 242 cm³/mol. The van der Waals surface area contributed by atoms with Crippen molar-refractivity contribution in [2.24, 2.45) is 0 Å². The number of ether oxygens (including phenoxy) is 1. The van der Waals surface area contributed by atoms with Crippen molar-refractivity contribution in [3.63, 3.8) is 0 Å². The van der Waals surface area contributed by atoms with Crippen LogP contribution in [-0.4, -0.2) is 126 Å². The van der Waals surface area contributed by atoms with Crippen molar-refractivity contribution in [2.75, 3.05) is 54.7 Å². The number of likely N-dealkylation sites (tertiary alicyclic amines) is 1. The summed E-state index contributed by atoms with van der Waals surface area (Å²) < 4.78 is 64.1. The number of aromatic amines is 1. The number of aromatic nitrogens is 4. The Kier molecular flexibility index (Phi) is 13.8. The normalized spacial score (nSPS) is 18.1. The first-order chi connectivity index (χ1) is 32.2. The molecule has 3 aliphatic rings. The molecule has 0 saturated carbocycles. The third-order valence-corrected chi connectivity index (χ3v) is 14.1. The second-order valence-corrected chi connectivity index (χ2v) is 18.4. The number of piperidine rings is 3. The highest BCUT2D eigenvalue weighted by Gasteiger charge is 2.34. The fraction of sp³-hybridized carbons (Fsp3) is 0.378.